The lowest BCUT2D eigenvalue weighted by atomic mass is 9.99. The highest BCUT2D eigenvalue weighted by Gasteiger charge is 2.34. The first kappa shape index (κ1) is 22.5. The number of likely N-dealkylation sites (tertiary alicyclic amines) is 1. The molecule has 1 atom stereocenters. The highest BCUT2D eigenvalue weighted by Crippen LogP contribution is 2.38. The van der Waals surface area contributed by atoms with Crippen molar-refractivity contribution in [2.75, 3.05) is 32.6 Å². The van der Waals surface area contributed by atoms with Gasteiger partial charge in [0.2, 0.25) is 5.95 Å². The predicted molar refractivity (Wildman–Crippen MR) is 133 cm³/mol. The zero-order valence-electron chi connectivity index (χ0n) is 20.0. The molecule has 1 amide bonds. The summed E-state index contributed by atoms with van der Waals surface area (Å²) in [6.45, 7) is 0.666. The van der Waals surface area contributed by atoms with Gasteiger partial charge in [0.15, 0.2) is 0 Å². The van der Waals surface area contributed by atoms with E-state index in [4.69, 9.17) is 9.72 Å². The van der Waals surface area contributed by atoms with Crippen LogP contribution in [-0.4, -0.2) is 63.3 Å². The Morgan fingerprint density at radius 1 is 1.09 bits per heavy atom. The molecule has 3 heterocycles. The van der Waals surface area contributed by atoms with Gasteiger partial charge in [-0.3, -0.25) is 9.36 Å². The van der Waals surface area contributed by atoms with Crippen molar-refractivity contribution in [1.82, 2.24) is 29.6 Å². The summed E-state index contributed by atoms with van der Waals surface area (Å²) >= 11 is 0. The van der Waals surface area contributed by atoms with E-state index in [1.165, 1.54) is 0 Å². The summed E-state index contributed by atoms with van der Waals surface area (Å²) in [4.78, 5) is 27.0. The second-order valence-electron chi connectivity index (χ2n) is 8.67. The van der Waals surface area contributed by atoms with Crippen molar-refractivity contribution in [1.29, 1.82) is 0 Å². The fourth-order valence-electron chi connectivity index (χ4n) is 4.46. The summed E-state index contributed by atoms with van der Waals surface area (Å²) in [5.41, 5.74) is 4.16. The maximum absolute atomic E-state index is 13.7. The van der Waals surface area contributed by atoms with E-state index in [0.29, 0.717) is 18.1 Å². The van der Waals surface area contributed by atoms with Crippen LogP contribution in [0.3, 0.4) is 0 Å². The van der Waals surface area contributed by atoms with Crippen LogP contribution in [0.15, 0.2) is 67.4 Å². The van der Waals surface area contributed by atoms with Crippen molar-refractivity contribution >= 4 is 11.9 Å². The fraction of sp³-hybridized carbons (Fsp3) is 0.269. The number of methoxy groups -OCH3 is 1. The minimum atomic E-state index is -0.163. The molecule has 0 bridgehead atoms. The number of nitrogens with zero attached hydrogens (tertiary/aromatic N) is 7. The first-order valence-electron chi connectivity index (χ1n) is 11.5. The first-order valence-corrected chi connectivity index (χ1v) is 11.5. The number of benzene rings is 2. The summed E-state index contributed by atoms with van der Waals surface area (Å²) in [6.07, 6.45) is 6.82. The molecular formula is C26H27N7O2. The Balaban J connectivity index is 1.54. The van der Waals surface area contributed by atoms with E-state index >= 15 is 0 Å². The highest BCUT2D eigenvalue weighted by atomic mass is 16.5. The number of amides is 1. The third-order valence-corrected chi connectivity index (χ3v) is 6.23. The number of anilines is 1. The lowest BCUT2D eigenvalue weighted by molar-refractivity contribution is 0.0733. The van der Waals surface area contributed by atoms with Gasteiger partial charge in [-0.05, 0) is 48.7 Å². The topological polar surface area (TPSA) is 89.3 Å². The molecule has 1 aliphatic heterocycles. The molecule has 35 heavy (non-hydrogen) atoms. The van der Waals surface area contributed by atoms with Crippen LogP contribution in [-0.2, 0) is 0 Å². The van der Waals surface area contributed by atoms with Gasteiger partial charge >= 0.3 is 0 Å². The molecule has 0 N–H and O–H groups in total. The molecule has 9 heteroatoms. The van der Waals surface area contributed by atoms with Crippen molar-refractivity contribution in [2.45, 2.75) is 18.9 Å². The van der Waals surface area contributed by atoms with Gasteiger partial charge in [-0.15, -0.1) is 10.2 Å². The standard InChI is InChI=1S/C26H27N7O2/c1-31(2)26-27-15-22(18-7-5-10-21(14-18)35-3)24(30-26)23-11-6-12-33(23)25(34)19-8-4-9-20(13-19)32-16-28-29-17-32/h4-5,7-10,13-17,23H,6,11-12H2,1-3H3/t23-/m0/s1. The van der Waals surface area contributed by atoms with Crippen molar-refractivity contribution in [3.8, 4) is 22.6 Å². The zero-order valence-corrected chi connectivity index (χ0v) is 20.0. The molecule has 0 unspecified atom stereocenters. The van der Waals surface area contributed by atoms with Gasteiger partial charge in [-0.1, -0.05) is 18.2 Å². The van der Waals surface area contributed by atoms with Gasteiger partial charge in [0, 0.05) is 43.7 Å². The van der Waals surface area contributed by atoms with E-state index in [1.54, 1.807) is 24.3 Å². The van der Waals surface area contributed by atoms with Gasteiger partial charge in [0.25, 0.3) is 5.91 Å². The molecule has 1 aliphatic rings. The molecule has 0 radical (unpaired) electrons. The monoisotopic (exact) mass is 469 g/mol. The summed E-state index contributed by atoms with van der Waals surface area (Å²) in [6, 6.07) is 15.2. The summed E-state index contributed by atoms with van der Waals surface area (Å²) in [5.74, 6) is 1.35. The Bertz CT molecular complexity index is 1340. The van der Waals surface area contributed by atoms with E-state index in [-0.39, 0.29) is 11.9 Å². The van der Waals surface area contributed by atoms with E-state index in [0.717, 1.165) is 41.1 Å². The summed E-state index contributed by atoms with van der Waals surface area (Å²) < 4.78 is 7.22. The molecule has 0 aliphatic carbocycles. The second-order valence-corrected chi connectivity index (χ2v) is 8.67. The molecule has 1 saturated heterocycles. The van der Waals surface area contributed by atoms with Gasteiger partial charge < -0.3 is 14.5 Å². The van der Waals surface area contributed by atoms with Crippen LogP contribution in [0.25, 0.3) is 16.8 Å². The van der Waals surface area contributed by atoms with E-state index in [2.05, 4.69) is 15.2 Å². The Morgan fingerprint density at radius 3 is 2.66 bits per heavy atom. The number of rotatable bonds is 6. The van der Waals surface area contributed by atoms with Crippen LogP contribution < -0.4 is 9.64 Å². The van der Waals surface area contributed by atoms with Crippen LogP contribution in [0.1, 0.15) is 34.9 Å². The maximum atomic E-state index is 13.7. The third kappa shape index (κ3) is 4.44. The van der Waals surface area contributed by atoms with Crippen LogP contribution in [0.5, 0.6) is 5.75 Å². The molecular weight excluding hydrogens is 442 g/mol. The van der Waals surface area contributed by atoms with Crippen molar-refractivity contribution in [2.24, 2.45) is 0 Å². The van der Waals surface area contributed by atoms with Gasteiger partial charge in [0.05, 0.1) is 18.8 Å². The number of hydrogen-bond donors (Lipinski definition) is 0. The zero-order chi connectivity index (χ0) is 24.4. The molecule has 1 fully saturated rings. The van der Waals surface area contributed by atoms with Gasteiger partial charge in [-0.25, -0.2) is 9.97 Å². The molecule has 9 nitrogen and oxygen atoms in total. The summed E-state index contributed by atoms with van der Waals surface area (Å²) in [7, 11) is 5.48. The van der Waals surface area contributed by atoms with Gasteiger partial charge in [-0.2, -0.15) is 0 Å². The SMILES string of the molecule is COc1cccc(-c2cnc(N(C)C)nc2[C@@H]2CCCN2C(=O)c2cccc(-n3cnnc3)c2)c1. The largest absolute Gasteiger partial charge is 0.497 e. The van der Waals surface area contributed by atoms with E-state index in [9.17, 15) is 4.79 Å². The van der Waals surface area contributed by atoms with Crippen LogP contribution in [0.4, 0.5) is 5.95 Å². The van der Waals surface area contributed by atoms with Crippen molar-refractivity contribution in [3.05, 3.63) is 78.6 Å². The third-order valence-electron chi connectivity index (χ3n) is 6.23. The molecule has 0 spiro atoms. The number of ether oxygens (including phenoxy) is 1. The lowest BCUT2D eigenvalue weighted by Crippen LogP contribution is -2.31. The maximum Gasteiger partial charge on any atom is 0.254 e. The van der Waals surface area contributed by atoms with Crippen molar-refractivity contribution < 1.29 is 9.53 Å². The average molecular weight is 470 g/mol. The van der Waals surface area contributed by atoms with E-state index < -0.39 is 0 Å². The van der Waals surface area contributed by atoms with Gasteiger partial charge in [0.1, 0.15) is 18.4 Å². The van der Waals surface area contributed by atoms with E-state index in [1.807, 2.05) is 78.6 Å². The average Bonchev–Trinajstić information content (AvgIpc) is 3.61. The quantitative estimate of drug-likeness (QED) is 0.425. The number of carbonyl (C=O) groups is 1. The second kappa shape index (κ2) is 9.54. The molecule has 178 valence electrons. The molecule has 2 aromatic carbocycles. The highest BCUT2D eigenvalue weighted by molar-refractivity contribution is 5.95. The number of hydrogen-bond acceptors (Lipinski definition) is 7. The lowest BCUT2D eigenvalue weighted by Gasteiger charge is -2.27. The normalized spacial score (nSPS) is 15.3. The molecule has 5 rings (SSSR count). The smallest absolute Gasteiger partial charge is 0.254 e. The minimum Gasteiger partial charge on any atom is -0.497 e. The summed E-state index contributed by atoms with van der Waals surface area (Å²) in [5, 5.41) is 7.73. The Hall–Kier alpha value is -4.27. The number of carbonyl (C=O) groups excluding carboxylic acids is 1. The fourth-order valence-corrected chi connectivity index (χ4v) is 4.46. The molecule has 4 aromatic rings. The van der Waals surface area contributed by atoms with Crippen LogP contribution in [0, 0.1) is 0 Å². The Kier molecular flexibility index (Phi) is 6.13. The molecule has 0 saturated carbocycles. The minimum absolute atomic E-state index is 0.0240. The molecule has 2 aromatic heterocycles. The van der Waals surface area contributed by atoms with Crippen LogP contribution >= 0.6 is 0 Å². The Labute approximate surface area is 204 Å². The predicted octanol–water partition coefficient (Wildman–Crippen LogP) is 3.78. The van der Waals surface area contributed by atoms with Crippen LogP contribution in [0.2, 0.25) is 0 Å². The first-order chi connectivity index (χ1) is 17.0. The number of aromatic nitrogens is 5. The Morgan fingerprint density at radius 2 is 1.89 bits per heavy atom. The van der Waals surface area contributed by atoms with Crippen molar-refractivity contribution in [3.63, 3.8) is 0 Å².